The number of fused-ring (bicyclic) bond motifs is 1. The molecule has 0 bridgehead atoms. The van der Waals surface area contributed by atoms with E-state index >= 15 is 4.39 Å². The Labute approximate surface area is 205 Å². The smallest absolute Gasteiger partial charge is 0.251 e. The first-order valence-corrected chi connectivity index (χ1v) is 12.6. The number of hydrogen-bond acceptors (Lipinski definition) is 7. The number of anilines is 1. The summed E-state index contributed by atoms with van der Waals surface area (Å²) in [5.74, 6) is -2.09. The van der Waals surface area contributed by atoms with E-state index in [1.54, 1.807) is 23.1 Å². The predicted octanol–water partition coefficient (Wildman–Crippen LogP) is 4.46. The summed E-state index contributed by atoms with van der Waals surface area (Å²) in [5, 5.41) is 8.29. The average Bonchev–Trinajstić information content (AvgIpc) is 3.26. The van der Waals surface area contributed by atoms with E-state index in [9.17, 15) is 12.8 Å². The van der Waals surface area contributed by atoms with Gasteiger partial charge in [0, 0.05) is 24.2 Å². The molecule has 180 valence electrons. The molecule has 2 heterocycles. The number of nitrogens with zero attached hydrogens (tertiary/aromatic N) is 3. The van der Waals surface area contributed by atoms with Crippen LogP contribution in [0.3, 0.4) is 0 Å². The lowest BCUT2D eigenvalue weighted by molar-refractivity contribution is 0.559. The molecule has 0 aliphatic carbocycles. The van der Waals surface area contributed by atoms with Crippen LogP contribution in [-0.4, -0.2) is 37.0 Å². The summed E-state index contributed by atoms with van der Waals surface area (Å²) in [5.41, 5.74) is 7.20. The Balaban J connectivity index is 1.61. The van der Waals surface area contributed by atoms with Crippen molar-refractivity contribution < 1.29 is 21.6 Å². The molecule has 35 heavy (non-hydrogen) atoms. The van der Waals surface area contributed by atoms with Crippen molar-refractivity contribution in [1.29, 1.82) is 0 Å². The number of hydrogen-bond donors (Lipinski definition) is 1. The fourth-order valence-corrected chi connectivity index (χ4v) is 5.81. The highest BCUT2D eigenvalue weighted by molar-refractivity contribution is 7.91. The monoisotopic (exact) mass is 516 g/mol. The molecule has 11 heteroatoms. The standard InChI is InChI=1S/C24H19ClF2N4O3S/c25-15-7-5-14(6-8-15)11-31-12-16(28)13-35(32,33)22-10-20(27)18(9-21(22)31)24-30-29-23(34-24)17-3-1-2-4-19(17)26/h1-10,16H,11-13,28H2/t16-/m1/s1. The van der Waals surface area contributed by atoms with Crippen LogP contribution in [0.2, 0.25) is 5.02 Å². The summed E-state index contributed by atoms with van der Waals surface area (Å²) in [6.07, 6.45) is 0. The maximum absolute atomic E-state index is 15.2. The fourth-order valence-electron chi connectivity index (χ4n) is 4.04. The maximum Gasteiger partial charge on any atom is 0.251 e. The number of rotatable bonds is 4. The van der Waals surface area contributed by atoms with Crippen molar-refractivity contribution in [3.8, 4) is 22.9 Å². The largest absolute Gasteiger partial charge is 0.416 e. The van der Waals surface area contributed by atoms with Crippen molar-refractivity contribution in [1.82, 2.24) is 10.2 Å². The van der Waals surface area contributed by atoms with E-state index in [-0.39, 0.29) is 45.8 Å². The third-order valence-corrected chi connectivity index (χ3v) is 7.78. The van der Waals surface area contributed by atoms with Crippen LogP contribution in [0.1, 0.15) is 5.56 Å². The molecule has 1 aliphatic heterocycles. The second kappa shape index (κ2) is 9.03. The van der Waals surface area contributed by atoms with Crippen LogP contribution in [-0.2, 0) is 16.4 Å². The number of halogens is 3. The van der Waals surface area contributed by atoms with E-state index in [2.05, 4.69) is 10.2 Å². The molecular formula is C24H19ClF2N4O3S. The Hall–Kier alpha value is -3.34. The molecule has 1 atom stereocenters. The summed E-state index contributed by atoms with van der Waals surface area (Å²) in [7, 11) is -3.87. The van der Waals surface area contributed by atoms with Gasteiger partial charge in [0.05, 0.1) is 27.5 Å². The van der Waals surface area contributed by atoms with Gasteiger partial charge in [0.1, 0.15) is 11.6 Å². The normalized spacial score (nSPS) is 17.1. The molecule has 3 aromatic carbocycles. The minimum Gasteiger partial charge on any atom is -0.416 e. The first kappa shape index (κ1) is 23.4. The van der Waals surface area contributed by atoms with Gasteiger partial charge in [0.2, 0.25) is 0 Å². The van der Waals surface area contributed by atoms with Gasteiger partial charge in [-0.3, -0.25) is 0 Å². The number of benzene rings is 3. The number of aromatic nitrogens is 2. The van der Waals surface area contributed by atoms with Gasteiger partial charge in [-0.2, -0.15) is 0 Å². The van der Waals surface area contributed by atoms with Crippen LogP contribution in [0.25, 0.3) is 22.9 Å². The molecule has 0 fully saturated rings. The molecule has 4 aromatic rings. The Morgan fingerprint density at radius 1 is 1.00 bits per heavy atom. The number of nitrogens with two attached hydrogens (primary N) is 1. The second-order valence-corrected chi connectivity index (χ2v) is 10.7. The zero-order chi connectivity index (χ0) is 24.7. The highest BCUT2D eigenvalue weighted by atomic mass is 35.5. The van der Waals surface area contributed by atoms with E-state index in [4.69, 9.17) is 21.8 Å². The van der Waals surface area contributed by atoms with Crippen LogP contribution < -0.4 is 10.6 Å². The molecule has 0 amide bonds. The van der Waals surface area contributed by atoms with Crippen molar-refractivity contribution in [2.75, 3.05) is 17.2 Å². The lowest BCUT2D eigenvalue weighted by atomic mass is 10.1. The van der Waals surface area contributed by atoms with E-state index in [1.165, 1.54) is 24.3 Å². The zero-order valence-electron chi connectivity index (χ0n) is 18.2. The minimum atomic E-state index is -3.87. The van der Waals surface area contributed by atoms with Crippen molar-refractivity contribution in [2.24, 2.45) is 5.73 Å². The molecule has 7 nitrogen and oxygen atoms in total. The van der Waals surface area contributed by atoms with E-state index in [0.29, 0.717) is 11.6 Å². The predicted molar refractivity (Wildman–Crippen MR) is 128 cm³/mol. The summed E-state index contributed by atoms with van der Waals surface area (Å²) in [4.78, 5) is 1.60. The molecule has 1 aromatic heterocycles. The van der Waals surface area contributed by atoms with Gasteiger partial charge in [-0.1, -0.05) is 35.9 Å². The van der Waals surface area contributed by atoms with Crippen LogP contribution in [0.4, 0.5) is 14.5 Å². The van der Waals surface area contributed by atoms with E-state index < -0.39 is 27.5 Å². The van der Waals surface area contributed by atoms with Crippen molar-refractivity contribution in [2.45, 2.75) is 17.5 Å². The maximum atomic E-state index is 15.2. The van der Waals surface area contributed by atoms with Gasteiger partial charge >= 0.3 is 0 Å². The third-order valence-electron chi connectivity index (χ3n) is 5.66. The molecule has 5 rings (SSSR count). The average molecular weight is 517 g/mol. The molecule has 0 unspecified atom stereocenters. The molecule has 0 saturated carbocycles. The van der Waals surface area contributed by atoms with Crippen LogP contribution in [0.5, 0.6) is 0 Å². The lowest BCUT2D eigenvalue weighted by Crippen LogP contribution is -2.39. The fraction of sp³-hybridized carbons (Fsp3) is 0.167. The van der Waals surface area contributed by atoms with Gasteiger partial charge in [-0.05, 0) is 42.0 Å². The highest BCUT2D eigenvalue weighted by Crippen LogP contribution is 2.37. The summed E-state index contributed by atoms with van der Waals surface area (Å²) in [6, 6.07) is 14.5. The van der Waals surface area contributed by atoms with Crippen LogP contribution in [0.15, 0.2) is 70.0 Å². The van der Waals surface area contributed by atoms with Gasteiger partial charge in [0.15, 0.2) is 9.84 Å². The zero-order valence-corrected chi connectivity index (χ0v) is 19.7. The highest BCUT2D eigenvalue weighted by Gasteiger charge is 2.32. The van der Waals surface area contributed by atoms with Crippen LogP contribution >= 0.6 is 11.6 Å². The van der Waals surface area contributed by atoms with Crippen molar-refractivity contribution in [3.05, 3.63) is 82.9 Å². The minimum absolute atomic E-state index is 0.0688. The third kappa shape index (κ3) is 4.64. The number of sulfone groups is 1. The molecule has 2 N–H and O–H groups in total. The first-order valence-electron chi connectivity index (χ1n) is 10.6. The Kier molecular flexibility index (Phi) is 6.04. The molecule has 0 spiro atoms. The summed E-state index contributed by atoms with van der Waals surface area (Å²) >= 11 is 5.98. The van der Waals surface area contributed by atoms with Gasteiger partial charge in [0.25, 0.3) is 11.8 Å². The molecule has 0 saturated heterocycles. The van der Waals surface area contributed by atoms with Crippen molar-refractivity contribution >= 4 is 27.1 Å². The summed E-state index contributed by atoms with van der Waals surface area (Å²) in [6.45, 7) is 0.521. The topological polar surface area (TPSA) is 102 Å². The summed E-state index contributed by atoms with van der Waals surface area (Å²) < 4.78 is 60.9. The van der Waals surface area contributed by atoms with Gasteiger partial charge in [-0.25, -0.2) is 17.2 Å². The van der Waals surface area contributed by atoms with Crippen molar-refractivity contribution in [3.63, 3.8) is 0 Å². The molecule has 1 aliphatic rings. The van der Waals surface area contributed by atoms with Gasteiger partial charge < -0.3 is 15.1 Å². The Morgan fingerprint density at radius 3 is 2.40 bits per heavy atom. The van der Waals surface area contributed by atoms with E-state index in [0.717, 1.165) is 11.6 Å². The molecule has 0 radical (unpaired) electrons. The Bertz CT molecular complexity index is 1510. The quantitative estimate of drug-likeness (QED) is 0.427. The SMILES string of the molecule is N[C@@H]1CN(Cc2ccc(Cl)cc2)c2cc(-c3nnc(-c4ccccc4F)o3)c(F)cc2S(=O)(=O)C1. The lowest BCUT2D eigenvalue weighted by Gasteiger charge is -2.26. The Morgan fingerprint density at radius 2 is 1.69 bits per heavy atom. The second-order valence-electron chi connectivity index (χ2n) is 8.24. The van der Waals surface area contributed by atoms with Crippen LogP contribution in [0, 0.1) is 11.6 Å². The van der Waals surface area contributed by atoms with E-state index in [1.807, 2.05) is 12.1 Å². The van der Waals surface area contributed by atoms with Gasteiger partial charge in [-0.15, -0.1) is 10.2 Å². The first-order chi connectivity index (χ1) is 16.7. The molecular weight excluding hydrogens is 498 g/mol.